The first-order valence-corrected chi connectivity index (χ1v) is 9.22. The lowest BCUT2D eigenvalue weighted by Gasteiger charge is -2.16. The quantitative estimate of drug-likeness (QED) is 0.686. The van der Waals surface area contributed by atoms with E-state index in [0.29, 0.717) is 12.3 Å². The molecular weight excluding hydrogens is 354 g/mol. The highest BCUT2D eigenvalue weighted by Gasteiger charge is 2.13. The summed E-state index contributed by atoms with van der Waals surface area (Å²) in [6.45, 7) is 4.25. The number of carbonyl (C=O) groups excluding carboxylic acids is 1. The third kappa shape index (κ3) is 4.85. The minimum absolute atomic E-state index is 0.144. The van der Waals surface area contributed by atoms with Crippen molar-refractivity contribution >= 4 is 5.91 Å². The molecule has 1 heterocycles. The molecule has 0 aliphatic rings. The molecule has 0 aliphatic carbocycles. The smallest absolute Gasteiger partial charge is 0.267 e. The average molecular weight is 377 g/mol. The van der Waals surface area contributed by atoms with Crippen LogP contribution in [0, 0.1) is 0 Å². The first-order chi connectivity index (χ1) is 13.6. The number of hydrogen-bond acceptors (Lipinski definition) is 4. The van der Waals surface area contributed by atoms with E-state index in [0.717, 1.165) is 16.9 Å². The van der Waals surface area contributed by atoms with Crippen LogP contribution in [0.2, 0.25) is 0 Å². The maximum atomic E-state index is 12.5. The molecule has 144 valence electrons. The monoisotopic (exact) mass is 377 g/mol. The second-order valence-electron chi connectivity index (χ2n) is 6.38. The lowest BCUT2D eigenvalue weighted by molar-refractivity contribution is -0.122. The topological polar surface area (TPSA) is 73.2 Å². The number of nitrogens with one attached hydrogen (secondary N) is 1. The normalized spacial score (nSPS) is 11.6. The SMILES string of the molecule is CCOc1cccc(C(C)NC(=O)Cn2nc(-c3ccccc3)ccc2=O)c1. The minimum Gasteiger partial charge on any atom is -0.494 e. The Morgan fingerprint density at radius 2 is 1.89 bits per heavy atom. The summed E-state index contributed by atoms with van der Waals surface area (Å²) in [6.07, 6.45) is 0. The minimum atomic E-state index is -0.319. The molecule has 1 aromatic heterocycles. The van der Waals surface area contributed by atoms with Crippen LogP contribution in [0.25, 0.3) is 11.3 Å². The zero-order valence-electron chi connectivity index (χ0n) is 16.0. The summed E-state index contributed by atoms with van der Waals surface area (Å²) in [5, 5.41) is 7.23. The van der Waals surface area contributed by atoms with Gasteiger partial charge in [0, 0.05) is 11.6 Å². The van der Waals surface area contributed by atoms with Crippen molar-refractivity contribution in [1.82, 2.24) is 15.1 Å². The van der Waals surface area contributed by atoms with E-state index >= 15 is 0 Å². The van der Waals surface area contributed by atoms with Gasteiger partial charge < -0.3 is 10.1 Å². The fourth-order valence-corrected chi connectivity index (χ4v) is 2.87. The Morgan fingerprint density at radius 3 is 2.64 bits per heavy atom. The molecule has 0 fully saturated rings. The van der Waals surface area contributed by atoms with E-state index in [1.165, 1.54) is 10.7 Å². The van der Waals surface area contributed by atoms with Crippen molar-refractivity contribution in [2.75, 3.05) is 6.61 Å². The molecule has 28 heavy (non-hydrogen) atoms. The summed E-state index contributed by atoms with van der Waals surface area (Å²) in [6, 6.07) is 20.0. The highest BCUT2D eigenvalue weighted by molar-refractivity contribution is 5.76. The third-order valence-corrected chi connectivity index (χ3v) is 4.28. The standard InChI is InChI=1S/C22H23N3O3/c1-3-28-19-11-7-10-18(14-19)16(2)23-21(26)15-25-22(27)13-12-20(24-25)17-8-5-4-6-9-17/h4-14,16H,3,15H2,1-2H3,(H,23,26). The van der Waals surface area contributed by atoms with Crippen LogP contribution in [-0.4, -0.2) is 22.3 Å². The van der Waals surface area contributed by atoms with Gasteiger partial charge >= 0.3 is 0 Å². The van der Waals surface area contributed by atoms with E-state index in [2.05, 4.69) is 10.4 Å². The Morgan fingerprint density at radius 1 is 1.11 bits per heavy atom. The maximum Gasteiger partial charge on any atom is 0.267 e. The summed E-state index contributed by atoms with van der Waals surface area (Å²) in [5.74, 6) is 0.476. The number of ether oxygens (including phenoxy) is 1. The number of rotatable bonds is 7. The predicted octanol–water partition coefficient (Wildman–Crippen LogP) is 3.19. The first kappa shape index (κ1) is 19.4. The van der Waals surface area contributed by atoms with Gasteiger partial charge in [0.2, 0.25) is 5.91 Å². The van der Waals surface area contributed by atoms with Crippen molar-refractivity contribution in [3.8, 4) is 17.0 Å². The summed E-state index contributed by atoms with van der Waals surface area (Å²) in [5.41, 5.74) is 2.14. The van der Waals surface area contributed by atoms with E-state index in [4.69, 9.17) is 4.74 Å². The van der Waals surface area contributed by atoms with Crippen LogP contribution < -0.4 is 15.6 Å². The van der Waals surface area contributed by atoms with Gasteiger partial charge in [0.1, 0.15) is 12.3 Å². The fraction of sp³-hybridized carbons (Fsp3) is 0.227. The van der Waals surface area contributed by atoms with Crippen molar-refractivity contribution in [2.45, 2.75) is 26.4 Å². The van der Waals surface area contributed by atoms with Crippen molar-refractivity contribution in [1.29, 1.82) is 0 Å². The number of carbonyl (C=O) groups is 1. The third-order valence-electron chi connectivity index (χ3n) is 4.28. The first-order valence-electron chi connectivity index (χ1n) is 9.22. The lowest BCUT2D eigenvalue weighted by Crippen LogP contribution is -2.34. The van der Waals surface area contributed by atoms with Gasteiger partial charge in [-0.05, 0) is 37.6 Å². The van der Waals surface area contributed by atoms with Gasteiger partial charge in [0.05, 0.1) is 18.3 Å². The van der Waals surface area contributed by atoms with Crippen LogP contribution in [0.3, 0.4) is 0 Å². The van der Waals surface area contributed by atoms with Crippen molar-refractivity contribution < 1.29 is 9.53 Å². The molecule has 0 saturated heterocycles. The van der Waals surface area contributed by atoms with E-state index in [1.54, 1.807) is 6.07 Å². The molecule has 6 nitrogen and oxygen atoms in total. The predicted molar refractivity (Wildman–Crippen MR) is 108 cm³/mol. The molecule has 0 radical (unpaired) electrons. The van der Waals surface area contributed by atoms with E-state index < -0.39 is 0 Å². The zero-order valence-corrected chi connectivity index (χ0v) is 16.0. The Kier molecular flexibility index (Phi) is 6.22. The Bertz CT molecular complexity index is 999. The summed E-state index contributed by atoms with van der Waals surface area (Å²) in [4.78, 5) is 24.6. The fourth-order valence-electron chi connectivity index (χ4n) is 2.87. The van der Waals surface area contributed by atoms with Gasteiger partial charge in [-0.2, -0.15) is 5.10 Å². The van der Waals surface area contributed by atoms with Crippen molar-refractivity contribution in [3.05, 3.63) is 82.6 Å². The lowest BCUT2D eigenvalue weighted by atomic mass is 10.1. The van der Waals surface area contributed by atoms with Crippen molar-refractivity contribution in [3.63, 3.8) is 0 Å². The number of amides is 1. The maximum absolute atomic E-state index is 12.5. The highest BCUT2D eigenvalue weighted by Crippen LogP contribution is 2.19. The summed E-state index contributed by atoms with van der Waals surface area (Å²) >= 11 is 0. The van der Waals surface area contributed by atoms with Gasteiger partial charge in [-0.3, -0.25) is 9.59 Å². The molecule has 6 heteroatoms. The molecular formula is C22H23N3O3. The Hall–Kier alpha value is -3.41. The summed E-state index contributed by atoms with van der Waals surface area (Å²) in [7, 11) is 0. The molecule has 1 N–H and O–H groups in total. The second kappa shape index (κ2) is 8.99. The molecule has 3 aromatic rings. The van der Waals surface area contributed by atoms with E-state index in [9.17, 15) is 9.59 Å². The van der Waals surface area contributed by atoms with Crippen LogP contribution in [0.1, 0.15) is 25.5 Å². The number of benzene rings is 2. The molecule has 1 unspecified atom stereocenters. The largest absolute Gasteiger partial charge is 0.494 e. The molecule has 0 bridgehead atoms. The van der Waals surface area contributed by atoms with Gasteiger partial charge in [-0.15, -0.1) is 0 Å². The van der Waals surface area contributed by atoms with Crippen LogP contribution in [-0.2, 0) is 11.3 Å². The van der Waals surface area contributed by atoms with Crippen LogP contribution in [0.15, 0.2) is 71.5 Å². The van der Waals surface area contributed by atoms with Crippen molar-refractivity contribution in [2.24, 2.45) is 0 Å². The number of aromatic nitrogens is 2. The molecule has 0 saturated carbocycles. The van der Waals surface area contributed by atoms with Crippen LogP contribution in [0.5, 0.6) is 5.75 Å². The molecule has 0 aliphatic heterocycles. The van der Waals surface area contributed by atoms with Gasteiger partial charge in [-0.1, -0.05) is 42.5 Å². The Balaban J connectivity index is 1.71. The Labute approximate surface area is 163 Å². The molecule has 3 rings (SSSR count). The molecule has 0 spiro atoms. The van der Waals surface area contributed by atoms with E-state index in [1.807, 2.05) is 68.4 Å². The number of hydrogen-bond donors (Lipinski definition) is 1. The van der Waals surface area contributed by atoms with Crippen LogP contribution in [0.4, 0.5) is 0 Å². The van der Waals surface area contributed by atoms with Gasteiger partial charge in [0.25, 0.3) is 5.56 Å². The zero-order chi connectivity index (χ0) is 19.9. The number of nitrogens with zero attached hydrogens (tertiary/aromatic N) is 2. The average Bonchev–Trinajstić information content (AvgIpc) is 2.71. The highest BCUT2D eigenvalue weighted by atomic mass is 16.5. The second-order valence-corrected chi connectivity index (χ2v) is 6.38. The van der Waals surface area contributed by atoms with E-state index in [-0.39, 0.29) is 24.1 Å². The van der Waals surface area contributed by atoms with Gasteiger partial charge in [0.15, 0.2) is 0 Å². The molecule has 2 aromatic carbocycles. The van der Waals surface area contributed by atoms with Gasteiger partial charge in [-0.25, -0.2) is 4.68 Å². The summed E-state index contributed by atoms with van der Waals surface area (Å²) < 4.78 is 6.68. The van der Waals surface area contributed by atoms with Crippen LogP contribution >= 0.6 is 0 Å². The molecule has 1 atom stereocenters. The molecule has 1 amide bonds.